The van der Waals surface area contributed by atoms with Gasteiger partial charge in [-0.1, -0.05) is 11.6 Å². The molecule has 5 heteroatoms. The molecule has 0 heterocycles. The highest BCUT2D eigenvalue weighted by atomic mass is 35.5. The number of alkyl halides is 2. The smallest absolute Gasteiger partial charge is 0.387 e. The molecule has 0 aliphatic heterocycles. The third kappa shape index (κ3) is 2.52. The summed E-state index contributed by atoms with van der Waals surface area (Å²) in [5.74, 6) is -1.49. The average Bonchev–Trinajstić information content (AvgIpc) is 1.96. The van der Waals surface area contributed by atoms with Crippen molar-refractivity contribution in [1.82, 2.24) is 0 Å². The Labute approximate surface area is 78.1 Å². The summed E-state index contributed by atoms with van der Waals surface area (Å²) in [7, 11) is 0. The molecule has 0 atom stereocenters. The van der Waals surface area contributed by atoms with Crippen LogP contribution in [-0.4, -0.2) is 6.61 Å². The molecule has 1 nitrogen and oxygen atoms in total. The van der Waals surface area contributed by atoms with Crippen LogP contribution in [0.5, 0.6) is 5.75 Å². The fraction of sp³-hybridized carbons (Fsp3) is 0.250. The zero-order chi connectivity index (χ0) is 10.0. The molecule has 1 rings (SSSR count). The molecule has 0 amide bonds. The van der Waals surface area contributed by atoms with Crippen LogP contribution in [0.25, 0.3) is 0 Å². The van der Waals surface area contributed by atoms with Crippen molar-refractivity contribution in [2.24, 2.45) is 0 Å². The fourth-order valence-electron chi connectivity index (χ4n) is 0.888. The first-order valence-electron chi connectivity index (χ1n) is 3.41. The molecule has 0 bridgehead atoms. The maximum absolute atomic E-state index is 12.9. The van der Waals surface area contributed by atoms with Gasteiger partial charge in [-0.2, -0.15) is 8.78 Å². The summed E-state index contributed by atoms with van der Waals surface area (Å²) in [6, 6.07) is 2.42. The van der Waals surface area contributed by atoms with Gasteiger partial charge in [0.15, 0.2) is 11.6 Å². The third-order valence-electron chi connectivity index (χ3n) is 1.35. The Morgan fingerprint density at radius 3 is 2.46 bits per heavy atom. The number of ether oxygens (including phenoxy) is 1. The molecule has 0 fully saturated rings. The van der Waals surface area contributed by atoms with Gasteiger partial charge in [0.05, 0.1) is 5.02 Å². The van der Waals surface area contributed by atoms with Crippen molar-refractivity contribution in [3.63, 3.8) is 0 Å². The highest BCUT2D eigenvalue weighted by Crippen LogP contribution is 2.30. The third-order valence-corrected chi connectivity index (χ3v) is 1.63. The molecule has 0 aliphatic carbocycles. The molecule has 0 saturated heterocycles. The van der Waals surface area contributed by atoms with E-state index in [1.807, 2.05) is 0 Å². The van der Waals surface area contributed by atoms with Gasteiger partial charge >= 0.3 is 6.61 Å². The van der Waals surface area contributed by atoms with Crippen molar-refractivity contribution in [1.29, 1.82) is 0 Å². The Kier molecular flexibility index (Phi) is 3.03. The molecule has 0 N–H and O–H groups in total. The van der Waals surface area contributed by atoms with E-state index in [1.54, 1.807) is 6.92 Å². The molecule has 1 aromatic rings. The number of rotatable bonds is 2. The van der Waals surface area contributed by atoms with Crippen molar-refractivity contribution < 1.29 is 17.9 Å². The van der Waals surface area contributed by atoms with Crippen molar-refractivity contribution >= 4 is 11.6 Å². The quantitative estimate of drug-likeness (QED) is 0.727. The zero-order valence-corrected chi connectivity index (χ0v) is 7.41. The zero-order valence-electron chi connectivity index (χ0n) is 6.65. The minimum atomic E-state index is -3.07. The Balaban J connectivity index is 3.06. The predicted molar refractivity (Wildman–Crippen MR) is 42.8 cm³/mol. The highest BCUT2D eigenvalue weighted by Gasteiger charge is 2.14. The molecule has 0 aliphatic rings. The Morgan fingerprint density at radius 2 is 2.00 bits per heavy atom. The molecule has 0 spiro atoms. The lowest BCUT2D eigenvalue weighted by molar-refractivity contribution is -0.0521. The topological polar surface area (TPSA) is 9.23 Å². The molecule has 0 unspecified atom stereocenters. The summed E-state index contributed by atoms with van der Waals surface area (Å²) >= 11 is 5.48. The summed E-state index contributed by atoms with van der Waals surface area (Å²) in [6.45, 7) is -1.48. The molecule has 13 heavy (non-hydrogen) atoms. The largest absolute Gasteiger partial charge is 0.430 e. The van der Waals surface area contributed by atoms with Crippen LogP contribution in [0.3, 0.4) is 0 Å². The van der Waals surface area contributed by atoms with Gasteiger partial charge in [0.25, 0.3) is 0 Å². The molecule has 0 saturated carbocycles. The fourth-order valence-corrected chi connectivity index (χ4v) is 1.20. The lowest BCUT2D eigenvalue weighted by Crippen LogP contribution is -2.04. The molecular formula is C8H6ClF3O. The monoisotopic (exact) mass is 210 g/mol. The first kappa shape index (κ1) is 10.2. The summed E-state index contributed by atoms with van der Waals surface area (Å²) in [6.07, 6.45) is 0. The van der Waals surface area contributed by atoms with Crippen LogP contribution in [0, 0.1) is 12.7 Å². The lowest BCUT2D eigenvalue weighted by atomic mass is 10.2. The van der Waals surface area contributed by atoms with Gasteiger partial charge in [-0.15, -0.1) is 0 Å². The maximum Gasteiger partial charge on any atom is 0.387 e. The van der Waals surface area contributed by atoms with E-state index in [0.717, 1.165) is 6.07 Å². The van der Waals surface area contributed by atoms with Gasteiger partial charge in [-0.3, -0.25) is 0 Å². The van der Waals surface area contributed by atoms with Crippen LogP contribution in [0.4, 0.5) is 13.2 Å². The van der Waals surface area contributed by atoms with Crippen LogP contribution in [-0.2, 0) is 0 Å². The number of hydrogen-bond donors (Lipinski definition) is 0. The number of hydrogen-bond acceptors (Lipinski definition) is 1. The van der Waals surface area contributed by atoms with Crippen LogP contribution in [0.15, 0.2) is 12.1 Å². The Bertz CT molecular complexity index is 291. The van der Waals surface area contributed by atoms with E-state index in [1.165, 1.54) is 6.07 Å². The molecule has 1 aromatic carbocycles. The molecule has 0 radical (unpaired) electrons. The first-order chi connectivity index (χ1) is 6.00. The minimum absolute atomic E-state index is 0.155. The summed E-state index contributed by atoms with van der Waals surface area (Å²) in [4.78, 5) is 0. The number of aryl methyl sites for hydroxylation is 1. The van der Waals surface area contributed by atoms with Crippen LogP contribution in [0.1, 0.15) is 5.56 Å². The van der Waals surface area contributed by atoms with E-state index in [4.69, 9.17) is 11.6 Å². The second-order valence-electron chi connectivity index (χ2n) is 2.44. The van der Waals surface area contributed by atoms with Crippen molar-refractivity contribution in [2.45, 2.75) is 13.5 Å². The number of benzene rings is 1. The normalized spacial score (nSPS) is 10.6. The van der Waals surface area contributed by atoms with E-state index in [-0.39, 0.29) is 5.02 Å². The van der Waals surface area contributed by atoms with Gasteiger partial charge in [-0.05, 0) is 24.6 Å². The van der Waals surface area contributed by atoms with Crippen LogP contribution in [0.2, 0.25) is 5.02 Å². The molecule has 0 aromatic heterocycles. The summed E-state index contributed by atoms with van der Waals surface area (Å²) in [5, 5.41) is -0.155. The van der Waals surface area contributed by atoms with E-state index in [9.17, 15) is 13.2 Å². The first-order valence-corrected chi connectivity index (χ1v) is 3.79. The minimum Gasteiger partial charge on any atom is -0.430 e. The van der Waals surface area contributed by atoms with Gasteiger partial charge in [-0.25, -0.2) is 4.39 Å². The predicted octanol–water partition coefficient (Wildman–Crippen LogP) is 3.39. The van der Waals surface area contributed by atoms with E-state index >= 15 is 0 Å². The second-order valence-corrected chi connectivity index (χ2v) is 2.84. The number of halogens is 4. The second kappa shape index (κ2) is 3.87. The van der Waals surface area contributed by atoms with Gasteiger partial charge in [0, 0.05) is 0 Å². The highest BCUT2D eigenvalue weighted by molar-refractivity contribution is 6.32. The van der Waals surface area contributed by atoms with Crippen molar-refractivity contribution in [3.8, 4) is 5.75 Å². The van der Waals surface area contributed by atoms with E-state index in [2.05, 4.69) is 4.74 Å². The van der Waals surface area contributed by atoms with Crippen molar-refractivity contribution in [2.75, 3.05) is 0 Å². The van der Waals surface area contributed by atoms with Gasteiger partial charge < -0.3 is 4.74 Å². The average molecular weight is 211 g/mol. The van der Waals surface area contributed by atoms with Crippen LogP contribution >= 0.6 is 11.6 Å². The molecule has 72 valence electrons. The Morgan fingerprint density at radius 1 is 1.38 bits per heavy atom. The lowest BCUT2D eigenvalue weighted by Gasteiger charge is -2.07. The van der Waals surface area contributed by atoms with Crippen molar-refractivity contribution in [3.05, 3.63) is 28.5 Å². The summed E-state index contributed by atoms with van der Waals surface area (Å²) < 4.78 is 40.3. The summed E-state index contributed by atoms with van der Waals surface area (Å²) in [5.41, 5.74) is 0.545. The van der Waals surface area contributed by atoms with Gasteiger partial charge in [0.1, 0.15) is 0 Å². The van der Waals surface area contributed by atoms with Gasteiger partial charge in [0.2, 0.25) is 0 Å². The SMILES string of the molecule is Cc1cc(F)c(OC(F)F)c(Cl)c1. The molecular weight excluding hydrogens is 205 g/mol. The van der Waals surface area contributed by atoms with E-state index in [0.29, 0.717) is 5.56 Å². The standard InChI is InChI=1S/C8H6ClF3O/c1-4-2-5(9)7(6(10)3-4)13-8(11)12/h2-3,8H,1H3. The Hall–Kier alpha value is -0.900. The maximum atomic E-state index is 12.9. The van der Waals surface area contributed by atoms with E-state index < -0.39 is 18.2 Å². The van der Waals surface area contributed by atoms with Crippen LogP contribution < -0.4 is 4.74 Å².